The van der Waals surface area contributed by atoms with Crippen LogP contribution < -0.4 is 0 Å². The summed E-state index contributed by atoms with van der Waals surface area (Å²) >= 11 is 3.65. The van der Waals surface area contributed by atoms with Crippen LogP contribution in [0.5, 0.6) is 0 Å². The SMILES string of the molecule is c1ccc(-c2nc(-c3ccc4c(c3)sc3ccccc34)nc(-c3ccc(-n4c5ccccc5c5cc6ccccc6cc54)cc3-c3cccc4sc5cc6ccccc6cc5c34)n2)cc1. The van der Waals surface area contributed by atoms with E-state index >= 15 is 0 Å². The lowest BCUT2D eigenvalue weighted by molar-refractivity contribution is 1.07. The third-order valence-electron chi connectivity index (χ3n) is 13.0. The lowest BCUT2D eigenvalue weighted by atomic mass is 9.93. The number of fused-ring (bicyclic) bond motifs is 11. The maximum Gasteiger partial charge on any atom is 0.164 e. The minimum absolute atomic E-state index is 0.627. The molecule has 0 N–H and O–H groups in total. The fourth-order valence-electron chi connectivity index (χ4n) is 9.97. The summed E-state index contributed by atoms with van der Waals surface area (Å²) in [6.07, 6.45) is 0. The van der Waals surface area contributed by atoms with Crippen molar-refractivity contribution in [1.82, 2.24) is 19.5 Å². The van der Waals surface area contributed by atoms with Gasteiger partial charge in [0, 0.05) is 73.5 Å². The molecule has 14 aromatic rings. The van der Waals surface area contributed by atoms with Gasteiger partial charge in [-0.05, 0) is 99.4 Å². The van der Waals surface area contributed by atoms with Crippen molar-refractivity contribution < 1.29 is 0 Å². The molecule has 65 heavy (non-hydrogen) atoms. The molecular formula is C59H34N4S2. The number of rotatable bonds is 5. The van der Waals surface area contributed by atoms with Crippen LogP contribution in [0.2, 0.25) is 0 Å². The Kier molecular flexibility index (Phi) is 7.99. The third-order valence-corrected chi connectivity index (χ3v) is 15.3. The number of benzene rings is 10. The largest absolute Gasteiger partial charge is 0.309 e. The minimum atomic E-state index is 0.627. The summed E-state index contributed by atoms with van der Waals surface area (Å²) < 4.78 is 7.41. The Morgan fingerprint density at radius 1 is 0.308 bits per heavy atom. The van der Waals surface area contributed by atoms with Gasteiger partial charge in [0.2, 0.25) is 0 Å². The van der Waals surface area contributed by atoms with Gasteiger partial charge in [0.05, 0.1) is 11.0 Å². The molecule has 4 heterocycles. The van der Waals surface area contributed by atoms with E-state index in [1.165, 1.54) is 78.2 Å². The molecule has 0 aliphatic heterocycles. The quantitative estimate of drug-likeness (QED) is 0.173. The zero-order valence-electron chi connectivity index (χ0n) is 34.7. The van der Waals surface area contributed by atoms with E-state index < -0.39 is 0 Å². The molecule has 0 amide bonds. The Bertz CT molecular complexity index is 4250. The molecule has 0 aliphatic carbocycles. The fraction of sp³-hybridized carbons (Fsp3) is 0. The molecule has 14 rings (SSSR count). The Morgan fingerprint density at radius 3 is 1.75 bits per heavy atom. The number of nitrogens with zero attached hydrogens (tertiary/aromatic N) is 4. The standard InChI is InChI=1S/C59H34N4S2/c1-2-13-35(14-3-1)57-60-58(40-25-27-44-43-20-9-11-23-52(43)64-54(44)33-40)62-59(61-57)46-28-26-41(63-50-22-10-8-19-42(50)48-29-36-15-4-6-17-38(36)31-51(48)63)34-47(46)45-21-12-24-53-56(45)49-30-37-16-5-7-18-39(37)32-55(49)65-53/h1-34H. The van der Waals surface area contributed by atoms with E-state index in [9.17, 15) is 0 Å². The number of para-hydroxylation sites is 1. The van der Waals surface area contributed by atoms with Gasteiger partial charge in [-0.1, -0.05) is 140 Å². The van der Waals surface area contributed by atoms with Crippen molar-refractivity contribution >= 4 is 106 Å². The second-order valence-corrected chi connectivity index (χ2v) is 18.9. The molecule has 302 valence electrons. The van der Waals surface area contributed by atoms with Gasteiger partial charge in [-0.3, -0.25) is 0 Å². The Hall–Kier alpha value is -8.03. The highest BCUT2D eigenvalue weighted by atomic mass is 32.1. The number of hydrogen-bond acceptors (Lipinski definition) is 5. The molecule has 0 bridgehead atoms. The van der Waals surface area contributed by atoms with Crippen molar-refractivity contribution in [2.75, 3.05) is 0 Å². The zero-order chi connectivity index (χ0) is 42.6. The molecule has 0 saturated carbocycles. The van der Waals surface area contributed by atoms with Gasteiger partial charge in [0.15, 0.2) is 17.5 Å². The van der Waals surface area contributed by atoms with Crippen LogP contribution in [0.3, 0.4) is 0 Å². The summed E-state index contributed by atoms with van der Waals surface area (Å²) in [6, 6.07) is 74.6. The molecular weight excluding hydrogens is 829 g/mol. The predicted octanol–water partition coefficient (Wildman–Crippen LogP) is 16.7. The average Bonchev–Trinajstić information content (AvgIpc) is 4.03. The Morgan fingerprint density at radius 2 is 0.923 bits per heavy atom. The number of aromatic nitrogens is 4. The van der Waals surface area contributed by atoms with E-state index in [-0.39, 0.29) is 0 Å². The minimum Gasteiger partial charge on any atom is -0.309 e. The molecule has 0 aliphatic rings. The average molecular weight is 863 g/mol. The molecule has 0 saturated heterocycles. The third kappa shape index (κ3) is 5.78. The topological polar surface area (TPSA) is 43.6 Å². The normalized spacial score (nSPS) is 12.0. The lowest BCUT2D eigenvalue weighted by Gasteiger charge is -2.16. The number of thiophene rings is 2. The molecule has 10 aromatic carbocycles. The highest BCUT2D eigenvalue weighted by Gasteiger charge is 2.22. The van der Waals surface area contributed by atoms with Crippen molar-refractivity contribution in [3.63, 3.8) is 0 Å². The van der Waals surface area contributed by atoms with E-state index in [2.05, 4.69) is 193 Å². The lowest BCUT2D eigenvalue weighted by Crippen LogP contribution is -2.02. The van der Waals surface area contributed by atoms with Crippen LogP contribution in [0.15, 0.2) is 206 Å². The van der Waals surface area contributed by atoms with Crippen LogP contribution in [-0.2, 0) is 0 Å². The maximum atomic E-state index is 5.42. The summed E-state index contributed by atoms with van der Waals surface area (Å²) in [5, 5.41) is 12.4. The Labute approximate surface area is 381 Å². The first-order chi connectivity index (χ1) is 32.2. The highest BCUT2D eigenvalue weighted by Crippen LogP contribution is 2.46. The second kappa shape index (κ2) is 14.2. The first-order valence-electron chi connectivity index (χ1n) is 21.8. The van der Waals surface area contributed by atoms with Crippen molar-refractivity contribution in [2.45, 2.75) is 0 Å². The van der Waals surface area contributed by atoms with Crippen molar-refractivity contribution in [1.29, 1.82) is 0 Å². The molecule has 0 atom stereocenters. The molecule has 4 aromatic heterocycles. The van der Waals surface area contributed by atoms with Gasteiger partial charge in [0.25, 0.3) is 0 Å². The molecule has 0 unspecified atom stereocenters. The fourth-order valence-corrected chi connectivity index (χ4v) is 12.3. The van der Waals surface area contributed by atoms with Crippen LogP contribution in [-0.4, -0.2) is 19.5 Å². The molecule has 0 radical (unpaired) electrons. The van der Waals surface area contributed by atoms with Crippen LogP contribution in [0, 0.1) is 0 Å². The van der Waals surface area contributed by atoms with E-state index in [0.717, 1.165) is 39.0 Å². The van der Waals surface area contributed by atoms with Crippen molar-refractivity contribution in [3.05, 3.63) is 206 Å². The molecule has 0 fully saturated rings. The molecule has 6 heteroatoms. The number of hydrogen-bond donors (Lipinski definition) is 0. The monoisotopic (exact) mass is 862 g/mol. The van der Waals surface area contributed by atoms with Gasteiger partial charge < -0.3 is 4.57 Å². The van der Waals surface area contributed by atoms with Crippen LogP contribution >= 0.6 is 22.7 Å². The van der Waals surface area contributed by atoms with Gasteiger partial charge in [-0.25, -0.2) is 15.0 Å². The zero-order valence-corrected chi connectivity index (χ0v) is 36.4. The van der Waals surface area contributed by atoms with E-state index in [1.807, 2.05) is 29.5 Å². The van der Waals surface area contributed by atoms with Gasteiger partial charge in [-0.15, -0.1) is 22.7 Å². The van der Waals surface area contributed by atoms with Crippen LogP contribution in [0.25, 0.3) is 135 Å². The molecule has 4 nitrogen and oxygen atoms in total. The van der Waals surface area contributed by atoms with E-state index in [1.54, 1.807) is 11.3 Å². The summed E-state index contributed by atoms with van der Waals surface area (Å²) in [5.74, 6) is 1.90. The first-order valence-corrected chi connectivity index (χ1v) is 23.5. The van der Waals surface area contributed by atoms with Crippen molar-refractivity contribution in [2.24, 2.45) is 0 Å². The summed E-state index contributed by atoms with van der Waals surface area (Å²) in [4.78, 5) is 16.0. The maximum absolute atomic E-state index is 5.42. The Balaban J connectivity index is 1.06. The van der Waals surface area contributed by atoms with Crippen LogP contribution in [0.1, 0.15) is 0 Å². The smallest absolute Gasteiger partial charge is 0.164 e. The summed E-state index contributed by atoms with van der Waals surface area (Å²) in [5.41, 5.74) is 8.43. The van der Waals surface area contributed by atoms with Gasteiger partial charge in [0.1, 0.15) is 0 Å². The summed E-state index contributed by atoms with van der Waals surface area (Å²) in [6.45, 7) is 0. The van der Waals surface area contributed by atoms with Gasteiger partial charge in [-0.2, -0.15) is 0 Å². The second-order valence-electron chi connectivity index (χ2n) is 16.8. The van der Waals surface area contributed by atoms with E-state index in [4.69, 9.17) is 15.0 Å². The highest BCUT2D eigenvalue weighted by molar-refractivity contribution is 7.26. The summed E-state index contributed by atoms with van der Waals surface area (Å²) in [7, 11) is 0. The first kappa shape index (κ1) is 36.5. The van der Waals surface area contributed by atoms with Gasteiger partial charge >= 0.3 is 0 Å². The van der Waals surface area contributed by atoms with Crippen molar-refractivity contribution in [3.8, 4) is 51.0 Å². The molecule has 0 spiro atoms. The van der Waals surface area contributed by atoms with Crippen LogP contribution in [0.4, 0.5) is 0 Å². The predicted molar refractivity (Wildman–Crippen MR) is 277 cm³/mol. The van der Waals surface area contributed by atoms with E-state index in [0.29, 0.717) is 17.5 Å².